The summed E-state index contributed by atoms with van der Waals surface area (Å²) < 4.78 is 35.6. The van der Waals surface area contributed by atoms with Gasteiger partial charge in [-0.25, -0.2) is 0 Å². The van der Waals surface area contributed by atoms with E-state index in [1.807, 2.05) is 25.2 Å². The summed E-state index contributed by atoms with van der Waals surface area (Å²) in [5.74, 6) is 2.36. The van der Waals surface area contributed by atoms with E-state index in [0.717, 1.165) is 33.0 Å². The molecule has 2 aromatic rings. The highest BCUT2D eigenvalue weighted by molar-refractivity contribution is 7.31. The number of thiophene rings is 2. The first-order valence-electron chi connectivity index (χ1n) is 28.8. The average Bonchev–Trinajstić information content (AvgIpc) is 4.00. The van der Waals surface area contributed by atoms with Crippen LogP contribution < -0.4 is 14.3 Å². The van der Waals surface area contributed by atoms with Crippen molar-refractivity contribution < 1.29 is 33.6 Å². The lowest BCUT2D eigenvalue weighted by Gasteiger charge is -2.40. The Hall–Kier alpha value is -0.910. The molecule has 0 aliphatic carbocycles. The molecule has 11 heteroatoms. The fraction of sp³-hybridized carbons (Fsp3) is 0.860. The van der Waals surface area contributed by atoms with Gasteiger partial charge in [0.25, 0.3) is 0 Å². The maximum absolute atomic E-state index is 10.2. The second-order valence-electron chi connectivity index (χ2n) is 22.7. The summed E-state index contributed by atoms with van der Waals surface area (Å²) in [6, 6.07) is 4.65. The number of aliphatic hydroxyl groups is 2. The van der Waals surface area contributed by atoms with Crippen LogP contribution in [-0.4, -0.2) is 64.1 Å². The summed E-state index contributed by atoms with van der Waals surface area (Å²) in [4.78, 5) is 2.45. The lowest BCUT2D eigenvalue weighted by atomic mass is 9.75. The molecule has 5 rings (SSSR count). The minimum atomic E-state index is -0.481. The van der Waals surface area contributed by atoms with Crippen LogP contribution in [0.15, 0.2) is 12.1 Å². The molecule has 0 bridgehead atoms. The van der Waals surface area contributed by atoms with E-state index in [2.05, 4.69) is 39.8 Å². The zero-order valence-electron chi connectivity index (χ0n) is 44.6. The monoisotopic (exact) mass is 983 g/mol. The van der Waals surface area contributed by atoms with E-state index < -0.39 is 30.7 Å². The van der Waals surface area contributed by atoms with Crippen LogP contribution in [0.25, 0.3) is 9.75 Å². The molecule has 2 aromatic heterocycles. The van der Waals surface area contributed by atoms with Gasteiger partial charge in [-0.3, -0.25) is 0 Å². The van der Waals surface area contributed by atoms with Gasteiger partial charge < -0.3 is 33.6 Å². The van der Waals surface area contributed by atoms with Crippen LogP contribution in [0.5, 0.6) is 5.75 Å². The van der Waals surface area contributed by atoms with Gasteiger partial charge in [0.15, 0.2) is 0 Å². The van der Waals surface area contributed by atoms with Gasteiger partial charge in [0.05, 0.1) is 23.0 Å². The van der Waals surface area contributed by atoms with Gasteiger partial charge >= 0.3 is 14.2 Å². The first-order chi connectivity index (χ1) is 33.1. The molecule has 0 amide bonds. The van der Waals surface area contributed by atoms with Crippen molar-refractivity contribution in [1.82, 2.24) is 0 Å². The highest BCUT2D eigenvalue weighted by Gasteiger charge is 2.47. The number of hydrogen-bond donors (Lipinski definition) is 2. The number of hydrogen-bond acceptors (Lipinski definition) is 9. The molecular formula is C57H100B2O7S2. The van der Waals surface area contributed by atoms with Crippen molar-refractivity contribution in [2.24, 2.45) is 22.7 Å². The summed E-state index contributed by atoms with van der Waals surface area (Å²) in [6.07, 6.45) is 42.0. The molecule has 0 aromatic carbocycles. The van der Waals surface area contributed by atoms with Crippen molar-refractivity contribution in [1.29, 1.82) is 0 Å². The third-order valence-corrected chi connectivity index (χ3v) is 18.3. The average molecular weight is 983 g/mol. The molecule has 3 aliphatic heterocycles. The lowest BCUT2D eigenvalue weighted by Crippen LogP contribution is -2.49. The molecule has 2 atom stereocenters. The van der Waals surface area contributed by atoms with Gasteiger partial charge in [0, 0.05) is 52.4 Å². The van der Waals surface area contributed by atoms with Crippen LogP contribution in [-0.2, 0) is 24.2 Å². The summed E-state index contributed by atoms with van der Waals surface area (Å²) >= 11 is 3.56. The first kappa shape index (κ1) is 58.0. The Labute approximate surface area is 426 Å². The predicted octanol–water partition coefficient (Wildman–Crippen LogP) is 15.3. The van der Waals surface area contributed by atoms with Gasteiger partial charge in [0.2, 0.25) is 0 Å². The van der Waals surface area contributed by atoms with Crippen molar-refractivity contribution in [3.63, 3.8) is 0 Å². The highest BCUT2D eigenvalue weighted by Crippen LogP contribution is 2.54. The number of unbranched alkanes of at least 4 members (excludes halogenated alkanes) is 20. The molecule has 68 heavy (non-hydrogen) atoms. The summed E-state index contributed by atoms with van der Waals surface area (Å²) in [6.45, 7) is 15.3. The van der Waals surface area contributed by atoms with Gasteiger partial charge in [-0.1, -0.05) is 221 Å². The number of rotatable bonds is 38. The van der Waals surface area contributed by atoms with E-state index in [4.69, 9.17) is 23.4 Å². The lowest BCUT2D eigenvalue weighted by molar-refractivity contribution is -0.0145. The minimum Gasteiger partial charge on any atom is -0.481 e. The third-order valence-electron chi connectivity index (χ3n) is 15.8. The van der Waals surface area contributed by atoms with Crippen molar-refractivity contribution in [2.75, 3.05) is 39.6 Å². The molecular weight excluding hydrogens is 882 g/mol. The molecule has 7 nitrogen and oxygen atoms in total. The van der Waals surface area contributed by atoms with Crippen molar-refractivity contribution in [3.8, 4) is 15.5 Å². The third kappa shape index (κ3) is 18.5. The Morgan fingerprint density at radius 1 is 0.471 bits per heavy atom. The van der Waals surface area contributed by atoms with Gasteiger partial charge in [-0.15, -0.1) is 22.7 Å². The standard InChI is InChI=1S/C57H100B2O7S2/c1-7-11-15-19-21-25-29-33-47(31-27-23-17-13-9-3)35-37-57(38-36-48(32-28-24-18-14-10-4)34-30-26-22-20-16-12-8-2)49-39-51(58-62-43-55(5,41-60)44-63-58)67-53(49)54-50(66-57)40-52(68-54)59-64-45-56(6,42-61)46-65-59/h39-40,47-48,60-61H,7-38,41-46H2,1-6H3. The van der Waals surface area contributed by atoms with E-state index in [0.29, 0.717) is 38.3 Å². The molecule has 2 fully saturated rings. The zero-order chi connectivity index (χ0) is 48.5. The predicted molar refractivity (Wildman–Crippen MR) is 292 cm³/mol. The Morgan fingerprint density at radius 2 is 0.809 bits per heavy atom. The van der Waals surface area contributed by atoms with Gasteiger partial charge in [-0.2, -0.15) is 0 Å². The normalized spacial score (nSPS) is 19.8. The largest absolute Gasteiger partial charge is 0.504 e. The molecule has 3 aliphatic rings. The van der Waals surface area contributed by atoms with Crippen LogP contribution in [0.1, 0.15) is 253 Å². The fourth-order valence-electron chi connectivity index (χ4n) is 10.9. The Kier molecular flexibility index (Phi) is 27.0. The second-order valence-corrected chi connectivity index (χ2v) is 24.9. The maximum Gasteiger partial charge on any atom is 0.504 e. The van der Waals surface area contributed by atoms with Crippen molar-refractivity contribution >= 4 is 46.5 Å². The second kappa shape index (κ2) is 31.6. The molecule has 2 N–H and O–H groups in total. The molecule has 0 spiro atoms. The summed E-state index contributed by atoms with van der Waals surface area (Å²) in [7, 11) is -0.946. The fourth-order valence-corrected chi connectivity index (χ4v) is 13.4. The van der Waals surface area contributed by atoms with Crippen molar-refractivity contribution in [3.05, 3.63) is 17.7 Å². The quantitative estimate of drug-likeness (QED) is 0.0512. The smallest absolute Gasteiger partial charge is 0.481 e. The van der Waals surface area contributed by atoms with Crippen LogP contribution in [0.2, 0.25) is 0 Å². The zero-order valence-corrected chi connectivity index (χ0v) is 46.2. The molecule has 388 valence electrons. The number of fused-ring (bicyclic) bond motifs is 3. The van der Waals surface area contributed by atoms with E-state index in [9.17, 15) is 10.2 Å². The van der Waals surface area contributed by atoms with E-state index in [-0.39, 0.29) is 13.2 Å². The SMILES string of the molecule is CCCCCCCCCC(CCCCCCC)CCC1(CCC(CCCCCCC)CCCCCCCCC)Oc2cc(B3OCC(C)(CO)CO3)sc2-c2sc(B3OCC(C)(CO)CO3)cc21. The Balaban J connectivity index is 1.48. The Bertz CT molecular complexity index is 1580. The molecule has 0 radical (unpaired) electrons. The molecule has 5 heterocycles. The van der Waals surface area contributed by atoms with Gasteiger partial charge in [0.1, 0.15) is 11.4 Å². The van der Waals surface area contributed by atoms with Crippen LogP contribution in [0.4, 0.5) is 0 Å². The Morgan fingerprint density at radius 3 is 1.18 bits per heavy atom. The molecule has 2 unspecified atom stereocenters. The van der Waals surface area contributed by atoms with E-state index >= 15 is 0 Å². The van der Waals surface area contributed by atoms with E-state index in [1.54, 1.807) is 11.3 Å². The van der Waals surface area contributed by atoms with Crippen LogP contribution in [0.3, 0.4) is 0 Å². The summed E-state index contributed by atoms with van der Waals surface area (Å²) in [5, 5.41) is 20.3. The number of aliphatic hydroxyl groups excluding tert-OH is 2. The number of ether oxygens (including phenoxy) is 1. The maximum atomic E-state index is 10.2. The highest BCUT2D eigenvalue weighted by atomic mass is 32.1. The van der Waals surface area contributed by atoms with E-state index in [1.165, 1.54) is 203 Å². The summed E-state index contributed by atoms with van der Waals surface area (Å²) in [5.41, 5.74) is 0.0676. The van der Waals surface area contributed by atoms with Crippen LogP contribution in [0, 0.1) is 22.7 Å². The van der Waals surface area contributed by atoms with Crippen molar-refractivity contribution in [2.45, 2.75) is 253 Å². The van der Waals surface area contributed by atoms with Crippen LogP contribution >= 0.6 is 22.7 Å². The first-order valence-corrected chi connectivity index (χ1v) is 30.4. The van der Waals surface area contributed by atoms with Gasteiger partial charge in [-0.05, 0) is 49.7 Å². The minimum absolute atomic E-state index is 0.0355. The topological polar surface area (TPSA) is 86.6 Å². The molecule has 2 saturated heterocycles. The molecule has 0 saturated carbocycles.